The van der Waals surface area contributed by atoms with E-state index in [0.717, 1.165) is 10.6 Å². The molecule has 0 spiro atoms. The normalized spacial score (nSPS) is 14.1. The van der Waals surface area contributed by atoms with Crippen LogP contribution in [0.15, 0.2) is 47.5 Å². The van der Waals surface area contributed by atoms with Gasteiger partial charge in [-0.05, 0) is 29.6 Å². The fourth-order valence-electron chi connectivity index (χ4n) is 3.34. The highest BCUT2D eigenvalue weighted by Crippen LogP contribution is 2.37. The predicted octanol–water partition coefficient (Wildman–Crippen LogP) is 2.69. The van der Waals surface area contributed by atoms with E-state index in [1.807, 2.05) is 59.6 Å². The first kappa shape index (κ1) is 22.0. The molecule has 2 amide bonds. The number of hydrogen-bond donors (Lipinski definition) is 0. The number of nitrogens with zero attached hydrogens (tertiary/aromatic N) is 3. The molecule has 0 fully saturated rings. The minimum absolute atomic E-state index is 0.312. The van der Waals surface area contributed by atoms with Gasteiger partial charge in [0.25, 0.3) is 11.8 Å². The number of carbonyl (C=O) groups excluding carboxylic acids is 2. The van der Waals surface area contributed by atoms with Gasteiger partial charge in [-0.1, -0.05) is 12.1 Å². The van der Waals surface area contributed by atoms with Gasteiger partial charge in [0.15, 0.2) is 0 Å². The Bertz CT molecular complexity index is 916. The number of methoxy groups -OCH3 is 2. The van der Waals surface area contributed by atoms with Crippen molar-refractivity contribution in [2.75, 3.05) is 64.4 Å². The number of imide groups is 1. The number of thiophene rings is 1. The van der Waals surface area contributed by atoms with Gasteiger partial charge < -0.3 is 19.3 Å². The molecule has 8 heteroatoms. The van der Waals surface area contributed by atoms with Crippen LogP contribution in [-0.4, -0.2) is 71.3 Å². The molecule has 30 heavy (non-hydrogen) atoms. The number of carbonyl (C=O) groups is 2. The minimum Gasteiger partial charge on any atom is -0.383 e. The van der Waals surface area contributed by atoms with Crippen LogP contribution in [-0.2, 0) is 19.1 Å². The Morgan fingerprint density at radius 3 is 2.23 bits per heavy atom. The second-order valence-electron chi connectivity index (χ2n) is 7.03. The summed E-state index contributed by atoms with van der Waals surface area (Å²) in [6.07, 6.45) is 0. The summed E-state index contributed by atoms with van der Waals surface area (Å²) in [5.74, 6) is -0.639. The van der Waals surface area contributed by atoms with Gasteiger partial charge in [0.1, 0.15) is 5.70 Å². The maximum atomic E-state index is 13.6. The van der Waals surface area contributed by atoms with Gasteiger partial charge >= 0.3 is 0 Å². The highest BCUT2D eigenvalue weighted by atomic mass is 32.1. The Balaban J connectivity index is 2.07. The lowest BCUT2D eigenvalue weighted by Crippen LogP contribution is -2.37. The van der Waals surface area contributed by atoms with Crippen LogP contribution in [0.2, 0.25) is 0 Å². The third kappa shape index (κ3) is 4.40. The molecule has 0 unspecified atom stereocenters. The molecule has 0 saturated heterocycles. The first-order valence-electron chi connectivity index (χ1n) is 9.66. The van der Waals surface area contributed by atoms with Crippen molar-refractivity contribution in [3.8, 4) is 0 Å². The van der Waals surface area contributed by atoms with Gasteiger partial charge in [0, 0.05) is 52.0 Å². The molecule has 0 saturated carbocycles. The van der Waals surface area contributed by atoms with Gasteiger partial charge in [-0.25, -0.2) is 4.90 Å². The summed E-state index contributed by atoms with van der Waals surface area (Å²) in [6.45, 7) is 1.83. The molecule has 0 radical (unpaired) electrons. The van der Waals surface area contributed by atoms with Gasteiger partial charge in [0.05, 0.1) is 24.5 Å². The van der Waals surface area contributed by atoms with Crippen molar-refractivity contribution in [1.29, 1.82) is 0 Å². The Labute approximate surface area is 181 Å². The predicted molar refractivity (Wildman–Crippen MR) is 120 cm³/mol. The average molecular weight is 430 g/mol. The first-order valence-corrected chi connectivity index (χ1v) is 10.5. The second-order valence-corrected chi connectivity index (χ2v) is 7.98. The van der Waals surface area contributed by atoms with Crippen molar-refractivity contribution in [2.45, 2.75) is 0 Å². The Morgan fingerprint density at radius 2 is 1.67 bits per heavy atom. The topological polar surface area (TPSA) is 62.3 Å². The molecule has 0 atom stereocenters. The monoisotopic (exact) mass is 429 g/mol. The van der Waals surface area contributed by atoms with E-state index in [2.05, 4.69) is 0 Å². The number of amides is 2. The van der Waals surface area contributed by atoms with E-state index in [1.54, 1.807) is 20.3 Å². The molecule has 0 N–H and O–H groups in total. The summed E-state index contributed by atoms with van der Waals surface area (Å²) < 4.78 is 10.5. The molecular weight excluding hydrogens is 402 g/mol. The molecule has 2 aromatic rings. The van der Waals surface area contributed by atoms with Gasteiger partial charge in [-0.2, -0.15) is 0 Å². The average Bonchev–Trinajstić information content (AvgIpc) is 3.34. The van der Waals surface area contributed by atoms with E-state index in [9.17, 15) is 9.59 Å². The molecule has 1 aromatic heterocycles. The largest absolute Gasteiger partial charge is 0.383 e. The van der Waals surface area contributed by atoms with Crippen LogP contribution >= 0.6 is 11.3 Å². The Hall–Kier alpha value is -2.68. The van der Waals surface area contributed by atoms with Crippen LogP contribution in [0.1, 0.15) is 4.88 Å². The van der Waals surface area contributed by atoms with Crippen LogP contribution in [0.25, 0.3) is 5.57 Å². The zero-order valence-corrected chi connectivity index (χ0v) is 18.6. The van der Waals surface area contributed by atoms with Gasteiger partial charge in [0.2, 0.25) is 0 Å². The SMILES string of the molecule is COCCN(CCOC)C1=C(c2cccs2)C(=O)N(c2cccc(N(C)C)c2)C1=O. The maximum Gasteiger partial charge on any atom is 0.282 e. The highest BCUT2D eigenvalue weighted by molar-refractivity contribution is 7.11. The quantitative estimate of drug-likeness (QED) is 0.541. The van der Waals surface area contributed by atoms with Crippen molar-refractivity contribution in [3.63, 3.8) is 0 Å². The van der Waals surface area contributed by atoms with E-state index in [4.69, 9.17) is 9.47 Å². The van der Waals surface area contributed by atoms with Crippen molar-refractivity contribution >= 4 is 40.1 Å². The number of anilines is 2. The smallest absolute Gasteiger partial charge is 0.282 e. The molecule has 1 aromatic carbocycles. The summed E-state index contributed by atoms with van der Waals surface area (Å²) in [5, 5.41) is 1.90. The number of hydrogen-bond acceptors (Lipinski definition) is 7. The molecule has 7 nitrogen and oxygen atoms in total. The van der Waals surface area contributed by atoms with Crippen molar-refractivity contribution in [1.82, 2.24) is 4.90 Å². The number of benzene rings is 1. The molecular formula is C22H27N3O4S. The van der Waals surface area contributed by atoms with E-state index in [0.29, 0.717) is 43.3 Å². The van der Waals surface area contributed by atoms with E-state index >= 15 is 0 Å². The van der Waals surface area contributed by atoms with E-state index in [1.165, 1.54) is 16.2 Å². The molecule has 160 valence electrons. The Kier molecular flexibility index (Phi) is 7.25. The molecule has 2 heterocycles. The zero-order chi connectivity index (χ0) is 21.7. The lowest BCUT2D eigenvalue weighted by atomic mass is 10.1. The molecule has 1 aliphatic rings. The van der Waals surface area contributed by atoms with Crippen LogP contribution in [0.5, 0.6) is 0 Å². The molecule has 0 bridgehead atoms. The first-order chi connectivity index (χ1) is 14.5. The number of rotatable bonds is 10. The summed E-state index contributed by atoms with van der Waals surface area (Å²) >= 11 is 1.45. The van der Waals surface area contributed by atoms with Gasteiger partial charge in [-0.15, -0.1) is 11.3 Å². The van der Waals surface area contributed by atoms with Gasteiger partial charge in [-0.3, -0.25) is 9.59 Å². The summed E-state index contributed by atoms with van der Waals surface area (Å²) in [6, 6.07) is 11.2. The molecule has 0 aliphatic carbocycles. The third-order valence-electron chi connectivity index (χ3n) is 4.88. The van der Waals surface area contributed by atoms with Crippen LogP contribution in [0, 0.1) is 0 Å². The summed E-state index contributed by atoms with van der Waals surface area (Å²) in [4.78, 5) is 33.0. The second kappa shape index (κ2) is 9.88. The number of ether oxygens (including phenoxy) is 2. The van der Waals surface area contributed by atoms with E-state index < -0.39 is 0 Å². The molecule has 3 rings (SSSR count). The van der Waals surface area contributed by atoms with Crippen LogP contribution < -0.4 is 9.80 Å². The fourth-order valence-corrected chi connectivity index (χ4v) is 4.10. The van der Waals surface area contributed by atoms with Crippen LogP contribution in [0.4, 0.5) is 11.4 Å². The lowest BCUT2D eigenvalue weighted by Gasteiger charge is -2.25. The van der Waals surface area contributed by atoms with Crippen molar-refractivity contribution in [3.05, 3.63) is 52.4 Å². The van der Waals surface area contributed by atoms with E-state index in [-0.39, 0.29) is 11.8 Å². The van der Waals surface area contributed by atoms with Crippen LogP contribution in [0.3, 0.4) is 0 Å². The molecule has 1 aliphatic heterocycles. The third-order valence-corrected chi connectivity index (χ3v) is 5.77. The highest BCUT2D eigenvalue weighted by Gasteiger charge is 2.42. The zero-order valence-electron chi connectivity index (χ0n) is 17.8. The maximum absolute atomic E-state index is 13.6. The summed E-state index contributed by atoms with van der Waals surface area (Å²) in [7, 11) is 7.07. The van der Waals surface area contributed by atoms with Crippen molar-refractivity contribution in [2.24, 2.45) is 0 Å². The van der Waals surface area contributed by atoms with Crippen molar-refractivity contribution < 1.29 is 19.1 Å². The lowest BCUT2D eigenvalue weighted by molar-refractivity contribution is -0.120. The minimum atomic E-state index is -0.327. The Morgan fingerprint density at radius 1 is 0.967 bits per heavy atom. The summed E-state index contributed by atoms with van der Waals surface area (Å²) in [5.41, 5.74) is 2.29. The fraction of sp³-hybridized carbons (Fsp3) is 0.364. The standard InChI is InChI=1S/C22H27N3O4S/c1-23(2)16-7-5-8-17(15-16)25-21(26)19(18-9-6-14-30-18)20(22(25)27)24(10-12-28-3)11-13-29-4/h5-9,14-15H,10-13H2,1-4H3.